The number of anilines is 1. The monoisotopic (exact) mass is 340 g/mol. The molecule has 0 fully saturated rings. The topological polar surface area (TPSA) is 70.4 Å². The van der Waals surface area contributed by atoms with Gasteiger partial charge in [0.25, 0.3) is 18.1 Å². The van der Waals surface area contributed by atoms with E-state index in [2.05, 4.69) is 0 Å². The first-order valence-electron chi connectivity index (χ1n) is 7.94. The van der Waals surface area contributed by atoms with Crippen molar-refractivity contribution < 1.29 is 14.3 Å². The van der Waals surface area contributed by atoms with Gasteiger partial charge in [-0.1, -0.05) is 42.5 Å². The lowest BCUT2D eigenvalue weighted by Crippen LogP contribution is -2.29. The minimum Gasteiger partial charge on any atom is -0.388 e. The Labute approximate surface area is 149 Å². The zero-order valence-corrected chi connectivity index (χ0v) is 13.5. The van der Waals surface area contributed by atoms with Crippen LogP contribution in [0.3, 0.4) is 0 Å². The van der Waals surface area contributed by atoms with Gasteiger partial charge in [0, 0.05) is 0 Å². The molecule has 0 bridgehead atoms. The number of para-hydroxylation sites is 1. The van der Waals surface area contributed by atoms with Gasteiger partial charge in [0.2, 0.25) is 0 Å². The number of carbonyl (C=O) groups is 2. The number of benzene rings is 3. The number of nitrogens with zero attached hydrogens (tertiary/aromatic N) is 2. The molecule has 26 heavy (non-hydrogen) atoms. The number of fused-ring (bicyclic) bond motifs is 1. The Balaban J connectivity index is 1.80. The molecule has 3 aromatic rings. The van der Waals surface area contributed by atoms with Gasteiger partial charge < -0.3 is 4.74 Å². The first kappa shape index (κ1) is 15.6. The van der Waals surface area contributed by atoms with Crippen LogP contribution in [0, 0.1) is 11.5 Å². The highest BCUT2D eigenvalue weighted by atomic mass is 16.5. The zero-order chi connectivity index (χ0) is 18.1. The van der Waals surface area contributed by atoms with Crippen LogP contribution >= 0.6 is 0 Å². The van der Waals surface area contributed by atoms with Gasteiger partial charge in [-0.15, -0.1) is 5.26 Å². The van der Waals surface area contributed by atoms with Gasteiger partial charge in [-0.05, 0) is 41.5 Å². The molecule has 0 saturated carbocycles. The van der Waals surface area contributed by atoms with Gasteiger partial charge in [-0.3, -0.25) is 9.59 Å². The Morgan fingerprint density at radius 2 is 1.46 bits per heavy atom. The number of amides is 2. The molecule has 0 unspecified atom stereocenters. The van der Waals surface area contributed by atoms with Crippen LogP contribution < -0.4 is 9.64 Å². The third-order valence-electron chi connectivity index (χ3n) is 4.26. The summed E-state index contributed by atoms with van der Waals surface area (Å²) in [5, 5.41) is 8.57. The second-order valence-electron chi connectivity index (χ2n) is 5.73. The minimum atomic E-state index is -0.343. The van der Waals surface area contributed by atoms with Crippen molar-refractivity contribution in [3.8, 4) is 23.1 Å². The summed E-state index contributed by atoms with van der Waals surface area (Å²) in [4.78, 5) is 27.0. The highest BCUT2D eigenvalue weighted by Gasteiger charge is 2.38. The molecule has 3 aromatic carbocycles. The van der Waals surface area contributed by atoms with E-state index in [-0.39, 0.29) is 11.8 Å². The van der Waals surface area contributed by atoms with Crippen molar-refractivity contribution >= 4 is 17.5 Å². The molecule has 0 radical (unpaired) electrons. The summed E-state index contributed by atoms with van der Waals surface area (Å²) in [5.41, 5.74) is 2.75. The maximum absolute atomic E-state index is 13.0. The second-order valence-corrected chi connectivity index (χ2v) is 5.73. The zero-order valence-electron chi connectivity index (χ0n) is 13.5. The number of ether oxygens (including phenoxy) is 1. The number of hydrogen-bond donors (Lipinski definition) is 0. The predicted molar refractivity (Wildman–Crippen MR) is 95.7 cm³/mol. The summed E-state index contributed by atoms with van der Waals surface area (Å²) in [5.74, 6) is -0.260. The lowest BCUT2D eigenvalue weighted by Gasteiger charge is -2.13. The van der Waals surface area contributed by atoms with Crippen LogP contribution in [0.15, 0.2) is 72.8 Å². The Kier molecular flexibility index (Phi) is 3.71. The lowest BCUT2D eigenvalue weighted by molar-refractivity contribution is 0.0926. The van der Waals surface area contributed by atoms with Gasteiger partial charge in [0.05, 0.1) is 16.8 Å². The molecule has 4 rings (SSSR count). The summed E-state index contributed by atoms with van der Waals surface area (Å²) in [6.45, 7) is 0. The molecule has 1 aliphatic heterocycles. The second kappa shape index (κ2) is 6.19. The number of imide groups is 1. The fourth-order valence-electron chi connectivity index (χ4n) is 3.09. The average Bonchev–Trinajstić information content (AvgIpc) is 2.94. The van der Waals surface area contributed by atoms with E-state index in [9.17, 15) is 9.59 Å². The van der Waals surface area contributed by atoms with E-state index < -0.39 is 0 Å². The number of carbonyl (C=O) groups excluding carboxylic acids is 2. The number of rotatable bonds is 3. The smallest absolute Gasteiger partial charge is 0.292 e. The van der Waals surface area contributed by atoms with Gasteiger partial charge in [0.1, 0.15) is 5.75 Å². The van der Waals surface area contributed by atoms with E-state index in [4.69, 9.17) is 10.00 Å². The van der Waals surface area contributed by atoms with Crippen LogP contribution in [-0.4, -0.2) is 11.8 Å². The summed E-state index contributed by atoms with van der Waals surface area (Å²) in [7, 11) is 0. The van der Waals surface area contributed by atoms with Crippen molar-refractivity contribution in [1.82, 2.24) is 0 Å². The van der Waals surface area contributed by atoms with Crippen LogP contribution in [0.25, 0.3) is 11.1 Å². The Morgan fingerprint density at radius 1 is 0.769 bits per heavy atom. The summed E-state index contributed by atoms with van der Waals surface area (Å²) in [6, 6.07) is 20.9. The minimum absolute atomic E-state index is 0.331. The molecule has 0 atom stereocenters. The van der Waals surface area contributed by atoms with Crippen molar-refractivity contribution in [3.05, 3.63) is 83.9 Å². The van der Waals surface area contributed by atoms with E-state index in [0.717, 1.165) is 5.56 Å². The van der Waals surface area contributed by atoms with E-state index in [1.165, 1.54) is 4.90 Å². The Hall–Kier alpha value is -3.91. The summed E-state index contributed by atoms with van der Waals surface area (Å²) in [6.07, 6.45) is 1.62. The Bertz CT molecular complexity index is 1050. The summed E-state index contributed by atoms with van der Waals surface area (Å²) >= 11 is 0. The van der Waals surface area contributed by atoms with Crippen LogP contribution in [0.5, 0.6) is 5.75 Å². The van der Waals surface area contributed by atoms with Crippen LogP contribution in [0.2, 0.25) is 0 Å². The average molecular weight is 340 g/mol. The van der Waals surface area contributed by atoms with Crippen molar-refractivity contribution in [2.24, 2.45) is 0 Å². The van der Waals surface area contributed by atoms with Crippen molar-refractivity contribution in [3.63, 3.8) is 0 Å². The third kappa shape index (κ3) is 2.41. The molecule has 0 saturated heterocycles. The van der Waals surface area contributed by atoms with E-state index >= 15 is 0 Å². The van der Waals surface area contributed by atoms with E-state index in [0.29, 0.717) is 28.1 Å². The maximum atomic E-state index is 13.0. The molecule has 2 amide bonds. The van der Waals surface area contributed by atoms with Crippen LogP contribution in [0.4, 0.5) is 5.69 Å². The van der Waals surface area contributed by atoms with E-state index in [1.54, 1.807) is 73.0 Å². The van der Waals surface area contributed by atoms with Crippen LogP contribution in [-0.2, 0) is 0 Å². The van der Waals surface area contributed by atoms with Crippen molar-refractivity contribution in [2.45, 2.75) is 0 Å². The highest BCUT2D eigenvalue weighted by Crippen LogP contribution is 2.35. The summed E-state index contributed by atoms with van der Waals surface area (Å²) < 4.78 is 4.78. The molecule has 0 aromatic heterocycles. The molecule has 5 nitrogen and oxygen atoms in total. The lowest BCUT2D eigenvalue weighted by atomic mass is 9.96. The largest absolute Gasteiger partial charge is 0.388 e. The maximum Gasteiger partial charge on any atom is 0.292 e. The first-order chi connectivity index (χ1) is 12.7. The number of nitriles is 1. The Morgan fingerprint density at radius 3 is 2.15 bits per heavy atom. The molecular formula is C21H12N2O3. The molecule has 0 N–H and O–H groups in total. The third-order valence-corrected chi connectivity index (χ3v) is 4.26. The van der Waals surface area contributed by atoms with Gasteiger partial charge >= 0.3 is 0 Å². The standard InChI is InChI=1S/C21H12N2O3/c22-13-26-16-11-9-14(10-12-16)17-7-4-8-18-19(17)21(25)23(20(18)24)15-5-2-1-3-6-15/h1-12H. The molecule has 1 heterocycles. The molecular weight excluding hydrogens is 328 g/mol. The molecule has 5 heteroatoms. The van der Waals surface area contributed by atoms with Crippen LogP contribution in [0.1, 0.15) is 20.7 Å². The van der Waals surface area contributed by atoms with Gasteiger partial charge in [0.15, 0.2) is 0 Å². The molecule has 0 spiro atoms. The molecule has 1 aliphatic rings. The van der Waals surface area contributed by atoms with E-state index in [1.807, 2.05) is 6.07 Å². The fraction of sp³-hybridized carbons (Fsp3) is 0. The normalized spacial score (nSPS) is 12.7. The van der Waals surface area contributed by atoms with Gasteiger partial charge in [-0.2, -0.15) is 0 Å². The first-order valence-corrected chi connectivity index (χ1v) is 7.94. The predicted octanol–water partition coefficient (Wildman–Crippen LogP) is 4.01. The quantitative estimate of drug-likeness (QED) is 0.533. The van der Waals surface area contributed by atoms with Crippen molar-refractivity contribution in [1.29, 1.82) is 5.26 Å². The number of hydrogen-bond acceptors (Lipinski definition) is 4. The molecule has 124 valence electrons. The molecule has 0 aliphatic carbocycles. The SMILES string of the molecule is N#COc1ccc(-c2cccc3c2C(=O)N(c2ccccc2)C3=O)cc1. The van der Waals surface area contributed by atoms with Gasteiger partial charge in [-0.25, -0.2) is 4.90 Å². The highest BCUT2D eigenvalue weighted by molar-refractivity contribution is 6.36. The van der Waals surface area contributed by atoms with Crippen molar-refractivity contribution in [2.75, 3.05) is 4.90 Å². The fourth-order valence-corrected chi connectivity index (χ4v) is 3.09.